The molecule has 7 nitrogen and oxygen atoms in total. The van der Waals surface area contributed by atoms with Crippen LogP contribution >= 0.6 is 0 Å². The Balaban J connectivity index is 1.71. The van der Waals surface area contributed by atoms with Crippen LogP contribution in [0.3, 0.4) is 0 Å². The van der Waals surface area contributed by atoms with Crippen molar-refractivity contribution in [1.82, 2.24) is 14.9 Å². The summed E-state index contributed by atoms with van der Waals surface area (Å²) in [4.78, 5) is 20.2. The van der Waals surface area contributed by atoms with Gasteiger partial charge in [0.2, 0.25) is 5.91 Å². The van der Waals surface area contributed by atoms with Gasteiger partial charge in [0.05, 0.1) is 4.90 Å². The van der Waals surface area contributed by atoms with Crippen LogP contribution in [0.2, 0.25) is 0 Å². The largest absolute Gasteiger partial charge is 0.353 e. The van der Waals surface area contributed by atoms with E-state index in [1.807, 2.05) is 13.8 Å². The fourth-order valence-electron chi connectivity index (χ4n) is 4.15. The van der Waals surface area contributed by atoms with E-state index < -0.39 is 16.1 Å². The maximum Gasteiger partial charge on any atom is 0.263 e. The van der Waals surface area contributed by atoms with Crippen molar-refractivity contribution >= 4 is 21.8 Å². The second kappa shape index (κ2) is 9.92. The average molecular weight is 435 g/mol. The number of amides is 1. The molecule has 1 saturated heterocycles. The molecule has 0 aromatic heterocycles. The fourth-order valence-corrected chi connectivity index (χ4v) is 5.39. The second-order valence-corrected chi connectivity index (χ2v) is 10.2. The summed E-state index contributed by atoms with van der Waals surface area (Å²) in [6, 6.07) is 6.44. The van der Waals surface area contributed by atoms with Crippen molar-refractivity contribution < 1.29 is 13.2 Å². The van der Waals surface area contributed by atoms with Gasteiger partial charge in [0.15, 0.2) is 0 Å². The van der Waals surface area contributed by atoms with E-state index in [4.69, 9.17) is 0 Å². The Morgan fingerprint density at radius 1 is 1.30 bits per heavy atom. The van der Waals surface area contributed by atoms with Crippen LogP contribution in [0.15, 0.2) is 34.2 Å². The van der Waals surface area contributed by atoms with Gasteiger partial charge in [-0.2, -0.15) is 0 Å². The number of aliphatic imine (C=N–C) groups is 1. The van der Waals surface area contributed by atoms with Gasteiger partial charge < -0.3 is 5.32 Å². The summed E-state index contributed by atoms with van der Waals surface area (Å²) in [5.74, 6) is 0.0427. The lowest BCUT2D eigenvalue weighted by molar-refractivity contribution is -0.123. The van der Waals surface area contributed by atoms with E-state index in [-0.39, 0.29) is 22.6 Å². The molecule has 2 heterocycles. The normalized spacial score (nSPS) is 23.2. The second-order valence-electron chi connectivity index (χ2n) is 8.55. The van der Waals surface area contributed by atoms with E-state index in [0.29, 0.717) is 18.2 Å². The molecule has 0 saturated carbocycles. The first-order valence-electron chi connectivity index (χ1n) is 11.0. The van der Waals surface area contributed by atoms with Crippen molar-refractivity contribution in [3.05, 3.63) is 29.8 Å². The molecule has 0 spiro atoms. The van der Waals surface area contributed by atoms with Gasteiger partial charge in [-0.1, -0.05) is 45.7 Å². The minimum Gasteiger partial charge on any atom is -0.353 e. The molecule has 2 aliphatic rings. The van der Waals surface area contributed by atoms with E-state index in [1.54, 1.807) is 24.3 Å². The Labute approximate surface area is 180 Å². The van der Waals surface area contributed by atoms with Crippen LogP contribution in [0.25, 0.3) is 0 Å². The van der Waals surface area contributed by atoms with E-state index in [9.17, 15) is 13.2 Å². The number of unbranched alkanes of at least 4 members (excludes halogenated alkanes) is 1. The maximum absolute atomic E-state index is 13.0. The molecule has 30 heavy (non-hydrogen) atoms. The molecular weight excluding hydrogens is 400 g/mol. The standard InChI is InChI=1S/C22H34N4O3S/c1-4-5-13-26-14-9-8-10-17(26)15-23-22(27)20(16(2)3)24-21-18-11-6-7-12-19(18)30(28,29)25-21/h6-7,11-12,16-17,20H,4-5,8-10,13-15H2,1-3H3,(H,23,27)(H,24,25)/t17?,20-/m0/s1. The van der Waals surface area contributed by atoms with Crippen LogP contribution in [0.4, 0.5) is 0 Å². The highest BCUT2D eigenvalue weighted by atomic mass is 32.2. The number of fused-ring (bicyclic) bond motifs is 1. The predicted molar refractivity (Wildman–Crippen MR) is 119 cm³/mol. The summed E-state index contributed by atoms with van der Waals surface area (Å²) < 4.78 is 27.2. The van der Waals surface area contributed by atoms with Crippen LogP contribution in [0.1, 0.15) is 58.4 Å². The van der Waals surface area contributed by atoms with E-state index >= 15 is 0 Å². The zero-order chi connectivity index (χ0) is 21.7. The van der Waals surface area contributed by atoms with Gasteiger partial charge in [-0.15, -0.1) is 0 Å². The summed E-state index contributed by atoms with van der Waals surface area (Å²) in [6.07, 6.45) is 5.85. The number of nitrogens with one attached hydrogen (secondary N) is 2. The highest BCUT2D eigenvalue weighted by Gasteiger charge is 2.33. The molecule has 2 N–H and O–H groups in total. The number of carbonyl (C=O) groups is 1. The molecule has 0 radical (unpaired) electrons. The van der Waals surface area contributed by atoms with E-state index in [2.05, 4.69) is 26.9 Å². The zero-order valence-corrected chi connectivity index (χ0v) is 19.0. The van der Waals surface area contributed by atoms with Crippen LogP contribution < -0.4 is 10.0 Å². The number of carbonyl (C=O) groups excluding carboxylic acids is 1. The van der Waals surface area contributed by atoms with Crippen molar-refractivity contribution in [3.63, 3.8) is 0 Å². The Hall–Kier alpha value is -1.93. The minimum absolute atomic E-state index is 0.0580. The first-order chi connectivity index (χ1) is 14.3. The molecule has 1 amide bonds. The molecule has 0 bridgehead atoms. The van der Waals surface area contributed by atoms with Crippen LogP contribution in [-0.4, -0.2) is 56.8 Å². The molecule has 2 aliphatic heterocycles. The summed E-state index contributed by atoms with van der Waals surface area (Å²) in [5.41, 5.74) is 0.522. The Morgan fingerprint density at radius 3 is 2.80 bits per heavy atom. The smallest absolute Gasteiger partial charge is 0.263 e. The molecule has 3 rings (SSSR count). The highest BCUT2D eigenvalue weighted by Crippen LogP contribution is 2.23. The summed E-state index contributed by atoms with van der Waals surface area (Å²) in [6.45, 7) is 8.83. The molecule has 0 aliphatic carbocycles. The van der Waals surface area contributed by atoms with Gasteiger partial charge in [-0.25, -0.2) is 8.42 Å². The minimum atomic E-state index is -3.62. The van der Waals surface area contributed by atoms with E-state index in [1.165, 1.54) is 25.7 Å². The Bertz CT molecular complexity index is 882. The molecular formula is C22H34N4O3S. The maximum atomic E-state index is 13.0. The quantitative estimate of drug-likeness (QED) is 0.658. The van der Waals surface area contributed by atoms with E-state index in [0.717, 1.165) is 19.5 Å². The van der Waals surface area contributed by atoms with Crippen molar-refractivity contribution in [2.45, 2.75) is 69.9 Å². The lowest BCUT2D eigenvalue weighted by Gasteiger charge is -2.36. The third kappa shape index (κ3) is 5.21. The lowest BCUT2D eigenvalue weighted by Crippen LogP contribution is -2.49. The lowest BCUT2D eigenvalue weighted by atomic mass is 10.0. The topological polar surface area (TPSA) is 90.9 Å². The Morgan fingerprint density at radius 2 is 2.07 bits per heavy atom. The third-order valence-corrected chi connectivity index (χ3v) is 7.29. The zero-order valence-electron chi connectivity index (χ0n) is 18.2. The van der Waals surface area contributed by atoms with Crippen molar-refractivity contribution in [2.75, 3.05) is 19.6 Å². The molecule has 1 aromatic rings. The number of benzene rings is 1. The van der Waals surface area contributed by atoms with Crippen LogP contribution in [-0.2, 0) is 14.8 Å². The first kappa shape index (κ1) is 22.7. The number of sulfonamides is 1. The number of likely N-dealkylation sites (tertiary alicyclic amines) is 1. The summed E-state index contributed by atoms with van der Waals surface area (Å²) in [5, 5.41) is 3.09. The van der Waals surface area contributed by atoms with Crippen molar-refractivity contribution in [1.29, 1.82) is 0 Å². The molecule has 166 valence electrons. The monoisotopic (exact) mass is 434 g/mol. The molecule has 1 unspecified atom stereocenters. The number of amidine groups is 1. The van der Waals surface area contributed by atoms with Crippen LogP contribution in [0, 0.1) is 5.92 Å². The predicted octanol–water partition coefficient (Wildman–Crippen LogP) is 2.52. The van der Waals surface area contributed by atoms with Gasteiger partial charge in [0.1, 0.15) is 11.9 Å². The van der Waals surface area contributed by atoms with Gasteiger partial charge in [0, 0.05) is 18.2 Å². The average Bonchev–Trinajstić information content (AvgIpc) is 2.99. The number of nitrogens with zero attached hydrogens (tertiary/aromatic N) is 2. The number of rotatable bonds is 8. The summed E-state index contributed by atoms with van der Waals surface area (Å²) in [7, 11) is -3.62. The number of hydrogen-bond donors (Lipinski definition) is 2. The fraction of sp³-hybridized carbons (Fsp3) is 0.636. The molecule has 1 aromatic carbocycles. The van der Waals surface area contributed by atoms with Gasteiger partial charge >= 0.3 is 0 Å². The van der Waals surface area contributed by atoms with Gasteiger partial charge in [0.25, 0.3) is 10.0 Å². The first-order valence-corrected chi connectivity index (χ1v) is 12.5. The number of hydrogen-bond acceptors (Lipinski definition) is 5. The van der Waals surface area contributed by atoms with Crippen molar-refractivity contribution in [3.8, 4) is 0 Å². The summed E-state index contributed by atoms with van der Waals surface area (Å²) >= 11 is 0. The highest BCUT2D eigenvalue weighted by molar-refractivity contribution is 7.90. The number of piperidine rings is 1. The van der Waals surface area contributed by atoms with Crippen molar-refractivity contribution in [2.24, 2.45) is 10.9 Å². The SMILES string of the molecule is CCCCN1CCCCC1CNC(=O)[C@@H](N=C1NS(=O)(=O)c2ccccc21)C(C)C. The molecule has 1 fully saturated rings. The Kier molecular flexibility index (Phi) is 7.52. The van der Waals surface area contributed by atoms with Gasteiger partial charge in [-0.3, -0.25) is 19.4 Å². The molecule has 2 atom stereocenters. The third-order valence-electron chi connectivity index (χ3n) is 5.89. The van der Waals surface area contributed by atoms with Gasteiger partial charge in [-0.05, 0) is 50.4 Å². The molecule has 8 heteroatoms. The van der Waals surface area contributed by atoms with Crippen LogP contribution in [0.5, 0.6) is 0 Å².